The molecule has 0 aromatic heterocycles. The quantitative estimate of drug-likeness (QED) is 0.828. The molecule has 0 fully saturated rings. The van der Waals surface area contributed by atoms with E-state index in [1.54, 1.807) is 12.1 Å². The van der Waals surface area contributed by atoms with Gasteiger partial charge in [0, 0.05) is 5.02 Å². The SMILES string of the molecule is CCNC(c1ccc(Cl)c(C)c1)c1c(C)cc(F)cc1C. The molecule has 0 bridgehead atoms. The Morgan fingerprint density at radius 1 is 1.05 bits per heavy atom. The molecule has 21 heavy (non-hydrogen) atoms. The van der Waals surface area contributed by atoms with Gasteiger partial charge in [-0.2, -0.15) is 0 Å². The molecular formula is C18H21ClFN. The van der Waals surface area contributed by atoms with Crippen LogP contribution in [-0.4, -0.2) is 6.54 Å². The first-order valence-electron chi connectivity index (χ1n) is 7.20. The minimum Gasteiger partial charge on any atom is -0.307 e. The third kappa shape index (κ3) is 3.45. The lowest BCUT2D eigenvalue weighted by Gasteiger charge is -2.23. The summed E-state index contributed by atoms with van der Waals surface area (Å²) in [6.45, 7) is 8.82. The van der Waals surface area contributed by atoms with Gasteiger partial charge in [-0.3, -0.25) is 0 Å². The Hall–Kier alpha value is -1.38. The van der Waals surface area contributed by atoms with E-state index in [1.807, 2.05) is 32.9 Å². The Balaban J connectivity index is 2.55. The fourth-order valence-corrected chi connectivity index (χ4v) is 2.93. The first-order valence-corrected chi connectivity index (χ1v) is 7.58. The third-order valence-electron chi connectivity index (χ3n) is 3.77. The molecule has 0 saturated carbocycles. The van der Waals surface area contributed by atoms with E-state index < -0.39 is 0 Å². The Morgan fingerprint density at radius 2 is 1.67 bits per heavy atom. The molecule has 2 aromatic rings. The summed E-state index contributed by atoms with van der Waals surface area (Å²) >= 11 is 6.12. The van der Waals surface area contributed by atoms with Gasteiger partial charge in [0.05, 0.1) is 6.04 Å². The zero-order valence-electron chi connectivity index (χ0n) is 12.9. The summed E-state index contributed by atoms with van der Waals surface area (Å²) in [5, 5.41) is 4.26. The highest BCUT2D eigenvalue weighted by Gasteiger charge is 2.18. The second-order valence-electron chi connectivity index (χ2n) is 5.45. The van der Waals surface area contributed by atoms with Crippen LogP contribution in [0, 0.1) is 26.6 Å². The molecule has 1 unspecified atom stereocenters. The lowest BCUT2D eigenvalue weighted by atomic mass is 9.90. The van der Waals surface area contributed by atoms with Crippen molar-refractivity contribution >= 4 is 11.6 Å². The molecule has 1 N–H and O–H groups in total. The normalized spacial score (nSPS) is 12.5. The van der Waals surface area contributed by atoms with Crippen molar-refractivity contribution in [3.63, 3.8) is 0 Å². The minimum atomic E-state index is -0.184. The van der Waals surface area contributed by atoms with E-state index in [0.29, 0.717) is 0 Å². The fourth-order valence-electron chi connectivity index (χ4n) is 2.82. The molecule has 0 radical (unpaired) electrons. The highest BCUT2D eigenvalue weighted by molar-refractivity contribution is 6.31. The molecule has 3 heteroatoms. The van der Waals surface area contributed by atoms with Gasteiger partial charge in [-0.05, 0) is 73.3 Å². The number of aryl methyl sites for hydroxylation is 3. The summed E-state index contributed by atoms with van der Waals surface area (Å²) < 4.78 is 13.5. The first kappa shape index (κ1) is 16.0. The number of hydrogen-bond acceptors (Lipinski definition) is 1. The van der Waals surface area contributed by atoms with E-state index in [2.05, 4.69) is 18.3 Å². The van der Waals surface area contributed by atoms with Gasteiger partial charge < -0.3 is 5.32 Å². The number of nitrogens with one attached hydrogen (secondary N) is 1. The van der Waals surface area contributed by atoms with Crippen molar-refractivity contribution in [2.75, 3.05) is 6.54 Å². The summed E-state index contributed by atoms with van der Waals surface area (Å²) in [5.41, 5.74) is 5.27. The van der Waals surface area contributed by atoms with Crippen molar-refractivity contribution in [1.82, 2.24) is 5.32 Å². The van der Waals surface area contributed by atoms with E-state index in [-0.39, 0.29) is 11.9 Å². The van der Waals surface area contributed by atoms with Gasteiger partial charge >= 0.3 is 0 Å². The lowest BCUT2D eigenvalue weighted by molar-refractivity contribution is 0.606. The largest absolute Gasteiger partial charge is 0.307 e. The highest BCUT2D eigenvalue weighted by Crippen LogP contribution is 2.30. The zero-order chi connectivity index (χ0) is 15.6. The second-order valence-corrected chi connectivity index (χ2v) is 5.86. The summed E-state index contributed by atoms with van der Waals surface area (Å²) in [6.07, 6.45) is 0. The Kier molecular flexibility index (Phi) is 5.02. The first-order chi connectivity index (χ1) is 9.93. The average Bonchev–Trinajstić information content (AvgIpc) is 2.40. The summed E-state index contributed by atoms with van der Waals surface area (Å²) in [6, 6.07) is 9.28. The maximum absolute atomic E-state index is 13.5. The van der Waals surface area contributed by atoms with E-state index in [9.17, 15) is 4.39 Å². The highest BCUT2D eigenvalue weighted by atomic mass is 35.5. The molecule has 2 aromatic carbocycles. The van der Waals surface area contributed by atoms with Crippen LogP contribution in [0.15, 0.2) is 30.3 Å². The maximum atomic E-state index is 13.5. The van der Waals surface area contributed by atoms with Crippen molar-refractivity contribution in [1.29, 1.82) is 0 Å². The van der Waals surface area contributed by atoms with Gasteiger partial charge in [-0.25, -0.2) is 4.39 Å². The van der Waals surface area contributed by atoms with Crippen LogP contribution in [0.3, 0.4) is 0 Å². The van der Waals surface area contributed by atoms with E-state index in [1.165, 1.54) is 0 Å². The molecule has 0 saturated heterocycles. The monoisotopic (exact) mass is 305 g/mol. The van der Waals surface area contributed by atoms with Gasteiger partial charge in [-0.15, -0.1) is 0 Å². The summed E-state index contributed by atoms with van der Waals surface area (Å²) in [4.78, 5) is 0. The van der Waals surface area contributed by atoms with Crippen LogP contribution in [0.2, 0.25) is 5.02 Å². The third-order valence-corrected chi connectivity index (χ3v) is 4.19. The molecule has 1 atom stereocenters. The molecule has 0 heterocycles. The zero-order valence-corrected chi connectivity index (χ0v) is 13.7. The van der Waals surface area contributed by atoms with Crippen LogP contribution in [-0.2, 0) is 0 Å². The molecule has 0 aliphatic heterocycles. The molecule has 0 aliphatic carbocycles. The van der Waals surface area contributed by atoms with Crippen molar-refractivity contribution in [2.45, 2.75) is 33.7 Å². The topological polar surface area (TPSA) is 12.0 Å². The summed E-state index contributed by atoms with van der Waals surface area (Å²) in [5.74, 6) is -0.184. The van der Waals surface area contributed by atoms with E-state index in [4.69, 9.17) is 11.6 Å². The van der Waals surface area contributed by atoms with Crippen molar-refractivity contribution < 1.29 is 4.39 Å². The predicted octanol–water partition coefficient (Wildman–Crippen LogP) is 5.10. The smallest absolute Gasteiger partial charge is 0.123 e. The molecular weight excluding hydrogens is 285 g/mol. The fraction of sp³-hybridized carbons (Fsp3) is 0.333. The molecule has 0 aliphatic rings. The second kappa shape index (κ2) is 6.59. The van der Waals surface area contributed by atoms with Gasteiger partial charge in [0.25, 0.3) is 0 Å². The number of rotatable bonds is 4. The van der Waals surface area contributed by atoms with Gasteiger partial charge in [0.2, 0.25) is 0 Å². The van der Waals surface area contributed by atoms with E-state index >= 15 is 0 Å². The molecule has 1 nitrogen and oxygen atoms in total. The Morgan fingerprint density at radius 3 is 2.19 bits per heavy atom. The van der Waals surface area contributed by atoms with Gasteiger partial charge in [0.15, 0.2) is 0 Å². The average molecular weight is 306 g/mol. The summed E-state index contributed by atoms with van der Waals surface area (Å²) in [7, 11) is 0. The van der Waals surface area contributed by atoms with Crippen molar-refractivity contribution in [3.05, 3.63) is 69.0 Å². The molecule has 0 amide bonds. The lowest BCUT2D eigenvalue weighted by Crippen LogP contribution is -2.24. The Bertz CT molecular complexity index is 629. The van der Waals surface area contributed by atoms with Crippen molar-refractivity contribution in [2.24, 2.45) is 0 Å². The predicted molar refractivity (Wildman–Crippen MR) is 87.6 cm³/mol. The molecule has 2 rings (SSSR count). The van der Waals surface area contributed by atoms with Crippen molar-refractivity contribution in [3.8, 4) is 0 Å². The number of hydrogen-bond donors (Lipinski definition) is 1. The maximum Gasteiger partial charge on any atom is 0.123 e. The van der Waals surface area contributed by atoms with Crippen LogP contribution in [0.25, 0.3) is 0 Å². The number of benzene rings is 2. The van der Waals surface area contributed by atoms with Crippen LogP contribution in [0.5, 0.6) is 0 Å². The van der Waals surface area contributed by atoms with Crippen LogP contribution >= 0.6 is 11.6 Å². The number of halogens is 2. The van der Waals surface area contributed by atoms with Crippen LogP contribution < -0.4 is 5.32 Å². The standard InChI is InChI=1S/C18H21ClFN/c1-5-21-18(14-6-7-16(19)11(2)8-14)17-12(3)9-15(20)10-13(17)4/h6-10,18,21H,5H2,1-4H3. The van der Waals surface area contributed by atoms with Crippen LogP contribution in [0.4, 0.5) is 4.39 Å². The van der Waals surface area contributed by atoms with Gasteiger partial charge in [0.1, 0.15) is 5.82 Å². The Labute approximate surface area is 131 Å². The van der Waals surface area contributed by atoms with Crippen LogP contribution in [0.1, 0.15) is 40.8 Å². The minimum absolute atomic E-state index is 0.0477. The molecule has 112 valence electrons. The van der Waals surface area contributed by atoms with E-state index in [0.717, 1.165) is 39.4 Å². The van der Waals surface area contributed by atoms with Gasteiger partial charge in [-0.1, -0.05) is 30.7 Å². The molecule has 0 spiro atoms.